The molecule has 230 valence electrons. The van der Waals surface area contributed by atoms with E-state index < -0.39 is 35.1 Å². The van der Waals surface area contributed by atoms with E-state index in [0.717, 1.165) is 17.7 Å². The van der Waals surface area contributed by atoms with Crippen LogP contribution >= 0.6 is 0 Å². The number of ether oxygens (including phenoxy) is 4. The van der Waals surface area contributed by atoms with E-state index in [2.05, 4.69) is 10.2 Å². The number of nitrogens with one attached hydrogen (secondary N) is 1. The molecular formula is C30H38F3N3O6. The maximum absolute atomic E-state index is 13.5. The minimum absolute atomic E-state index is 0.0150. The summed E-state index contributed by atoms with van der Waals surface area (Å²) in [6.45, 7) is 3.77. The third-order valence-electron chi connectivity index (χ3n) is 7.98. The van der Waals surface area contributed by atoms with E-state index in [4.69, 9.17) is 24.7 Å². The molecule has 0 unspecified atom stereocenters. The number of hydrogen-bond donors (Lipinski definition) is 2. The summed E-state index contributed by atoms with van der Waals surface area (Å²) in [5.74, 6) is -0.0150. The monoisotopic (exact) mass is 593 g/mol. The lowest BCUT2D eigenvalue weighted by molar-refractivity contribution is -0.148. The molecule has 42 heavy (non-hydrogen) atoms. The van der Waals surface area contributed by atoms with E-state index >= 15 is 0 Å². The zero-order valence-electron chi connectivity index (χ0n) is 23.9. The summed E-state index contributed by atoms with van der Waals surface area (Å²) in [6, 6.07) is 13.6. The number of carbonyl (C=O) groups excluding carboxylic acids is 2. The summed E-state index contributed by atoms with van der Waals surface area (Å²) in [6.07, 6.45) is -3.68. The number of amides is 1. The Morgan fingerprint density at radius 2 is 1.88 bits per heavy atom. The van der Waals surface area contributed by atoms with Crippen molar-refractivity contribution in [2.24, 2.45) is 5.73 Å². The molecule has 3 atom stereocenters. The standard InChI is InChI=1S/C30H38F3N3O6/c1-21-14-23(16-25(15-21)30(31,32)33)22(2)41-18-29(24-6-4-3-5-7-24)11-10-28(9-8-26(37)35-28)17-36(29)19-39-20-42-27(38)40-13-12-34/h3-7,14-16,22H,8-13,17-20,34H2,1-2H3,(H,35,37)/t22-,28-,29-/m1/s1. The molecular weight excluding hydrogens is 555 g/mol. The third-order valence-corrected chi connectivity index (χ3v) is 7.98. The number of nitrogens with zero attached hydrogens (tertiary/aromatic N) is 1. The molecule has 9 nitrogen and oxygen atoms in total. The molecule has 0 saturated carbocycles. The number of likely N-dealkylation sites (tertiary alicyclic amines) is 1. The summed E-state index contributed by atoms with van der Waals surface area (Å²) in [7, 11) is 0. The first kappa shape index (κ1) is 31.7. The number of benzene rings is 2. The molecule has 1 spiro atoms. The highest BCUT2D eigenvalue weighted by atomic mass is 19.4. The second kappa shape index (κ2) is 13.4. The Balaban J connectivity index is 1.58. The average Bonchev–Trinajstić information content (AvgIpc) is 3.32. The quantitative estimate of drug-likeness (QED) is 0.218. The molecule has 4 rings (SSSR count). The van der Waals surface area contributed by atoms with Gasteiger partial charge in [-0.05, 0) is 56.4 Å². The molecule has 1 amide bonds. The molecule has 2 saturated heterocycles. The van der Waals surface area contributed by atoms with Crippen LogP contribution in [0.2, 0.25) is 0 Å². The van der Waals surface area contributed by atoms with Crippen LogP contribution in [0.4, 0.5) is 18.0 Å². The highest BCUT2D eigenvalue weighted by Gasteiger charge is 2.51. The molecule has 2 aliphatic heterocycles. The van der Waals surface area contributed by atoms with Gasteiger partial charge in [-0.1, -0.05) is 42.0 Å². The summed E-state index contributed by atoms with van der Waals surface area (Å²) in [4.78, 5) is 26.0. The van der Waals surface area contributed by atoms with Gasteiger partial charge in [0.1, 0.15) is 13.3 Å². The number of hydrogen-bond acceptors (Lipinski definition) is 8. The minimum Gasteiger partial charge on any atom is -0.433 e. The second-order valence-corrected chi connectivity index (χ2v) is 11.0. The van der Waals surface area contributed by atoms with Gasteiger partial charge >= 0.3 is 12.3 Å². The molecule has 0 aliphatic carbocycles. The predicted octanol–water partition coefficient (Wildman–Crippen LogP) is 4.78. The fourth-order valence-corrected chi connectivity index (χ4v) is 5.76. The van der Waals surface area contributed by atoms with Crippen molar-refractivity contribution in [3.8, 4) is 0 Å². The van der Waals surface area contributed by atoms with Crippen molar-refractivity contribution >= 4 is 12.1 Å². The van der Waals surface area contributed by atoms with Crippen molar-refractivity contribution < 1.29 is 41.7 Å². The number of rotatable bonds is 11. The Labute approximate surface area is 243 Å². The SMILES string of the molecule is Cc1cc([C@@H](C)OC[C@@]2(c3ccccc3)CC[C@]3(CCC(=O)N3)CN2COCOC(=O)OCCN)cc(C(F)(F)F)c1. The molecule has 12 heteroatoms. The van der Waals surface area contributed by atoms with E-state index in [0.29, 0.717) is 43.4 Å². The van der Waals surface area contributed by atoms with Crippen molar-refractivity contribution in [2.75, 3.05) is 39.8 Å². The largest absolute Gasteiger partial charge is 0.510 e. The summed E-state index contributed by atoms with van der Waals surface area (Å²) >= 11 is 0. The lowest BCUT2D eigenvalue weighted by Crippen LogP contribution is -2.63. The summed E-state index contributed by atoms with van der Waals surface area (Å²) in [5, 5.41) is 3.14. The van der Waals surface area contributed by atoms with Gasteiger partial charge in [0.25, 0.3) is 0 Å². The predicted molar refractivity (Wildman–Crippen MR) is 147 cm³/mol. The average molecular weight is 594 g/mol. The van der Waals surface area contributed by atoms with E-state index in [1.165, 1.54) is 0 Å². The maximum Gasteiger partial charge on any atom is 0.510 e. The normalized spacial score (nSPS) is 23.5. The molecule has 0 aromatic heterocycles. The van der Waals surface area contributed by atoms with Gasteiger partial charge < -0.3 is 30.0 Å². The number of aryl methyl sites for hydroxylation is 1. The van der Waals surface area contributed by atoms with Crippen LogP contribution in [0.15, 0.2) is 48.5 Å². The zero-order valence-corrected chi connectivity index (χ0v) is 23.9. The van der Waals surface area contributed by atoms with E-state index in [1.54, 1.807) is 19.9 Å². The lowest BCUT2D eigenvalue weighted by Gasteiger charge is -2.53. The number of piperidine rings is 1. The van der Waals surface area contributed by atoms with Gasteiger partial charge in [-0.15, -0.1) is 0 Å². The first-order chi connectivity index (χ1) is 20.0. The van der Waals surface area contributed by atoms with Crippen LogP contribution in [0.3, 0.4) is 0 Å². The fraction of sp³-hybridized carbons (Fsp3) is 0.533. The van der Waals surface area contributed by atoms with Crippen LogP contribution in [-0.2, 0) is 35.5 Å². The molecule has 2 aliphatic rings. The van der Waals surface area contributed by atoms with Crippen LogP contribution in [0.1, 0.15) is 61.0 Å². The van der Waals surface area contributed by atoms with Crippen molar-refractivity contribution in [1.82, 2.24) is 10.2 Å². The minimum atomic E-state index is -4.47. The van der Waals surface area contributed by atoms with Gasteiger partial charge in [-0.25, -0.2) is 4.79 Å². The van der Waals surface area contributed by atoms with E-state index in [9.17, 15) is 22.8 Å². The lowest BCUT2D eigenvalue weighted by atomic mass is 9.74. The second-order valence-electron chi connectivity index (χ2n) is 11.0. The van der Waals surface area contributed by atoms with Crippen LogP contribution in [0.25, 0.3) is 0 Å². The van der Waals surface area contributed by atoms with E-state index in [1.807, 2.05) is 30.3 Å². The molecule has 0 bridgehead atoms. The number of nitrogens with two attached hydrogens (primary N) is 1. The smallest absolute Gasteiger partial charge is 0.433 e. The third kappa shape index (κ3) is 7.60. The number of alkyl halides is 3. The number of halogens is 3. The molecule has 2 heterocycles. The Kier molecular flexibility index (Phi) is 10.1. The van der Waals surface area contributed by atoms with Gasteiger partial charge in [0.05, 0.1) is 29.4 Å². The van der Waals surface area contributed by atoms with Gasteiger partial charge in [0, 0.05) is 19.5 Å². The zero-order chi connectivity index (χ0) is 30.4. The highest BCUT2D eigenvalue weighted by Crippen LogP contribution is 2.44. The van der Waals surface area contributed by atoms with E-state index in [-0.39, 0.29) is 39.2 Å². The van der Waals surface area contributed by atoms with Gasteiger partial charge in [0.2, 0.25) is 5.91 Å². The van der Waals surface area contributed by atoms with Gasteiger partial charge in [-0.2, -0.15) is 13.2 Å². The van der Waals surface area contributed by atoms with Crippen LogP contribution in [0.5, 0.6) is 0 Å². The Bertz CT molecular complexity index is 1230. The van der Waals surface area contributed by atoms with Crippen molar-refractivity contribution in [1.29, 1.82) is 0 Å². The van der Waals surface area contributed by atoms with Crippen molar-refractivity contribution in [3.05, 3.63) is 70.8 Å². The van der Waals surface area contributed by atoms with Gasteiger partial charge in [-0.3, -0.25) is 9.69 Å². The Morgan fingerprint density at radius 3 is 2.55 bits per heavy atom. The maximum atomic E-state index is 13.5. The molecule has 0 radical (unpaired) electrons. The van der Waals surface area contributed by atoms with Crippen LogP contribution in [0, 0.1) is 6.92 Å². The van der Waals surface area contributed by atoms with Crippen LogP contribution in [-0.4, -0.2) is 62.3 Å². The first-order valence-electron chi connectivity index (χ1n) is 14.0. The molecule has 3 N–H and O–H groups in total. The summed E-state index contributed by atoms with van der Waals surface area (Å²) < 4.78 is 62.5. The first-order valence-corrected chi connectivity index (χ1v) is 14.0. The molecule has 2 aromatic carbocycles. The summed E-state index contributed by atoms with van der Waals surface area (Å²) in [5.41, 5.74) is 5.27. The highest BCUT2D eigenvalue weighted by molar-refractivity contribution is 5.79. The van der Waals surface area contributed by atoms with Crippen molar-refractivity contribution in [2.45, 2.75) is 62.9 Å². The Hall–Kier alpha value is -3.19. The van der Waals surface area contributed by atoms with Crippen molar-refractivity contribution in [3.63, 3.8) is 0 Å². The Morgan fingerprint density at radius 1 is 1.12 bits per heavy atom. The molecule has 2 fully saturated rings. The topological polar surface area (TPSA) is 112 Å². The molecule has 2 aromatic rings. The van der Waals surface area contributed by atoms with Crippen LogP contribution < -0.4 is 11.1 Å². The fourth-order valence-electron chi connectivity index (χ4n) is 5.76. The van der Waals surface area contributed by atoms with Gasteiger partial charge in [0.15, 0.2) is 6.79 Å². The number of carbonyl (C=O) groups is 2.